The van der Waals surface area contributed by atoms with Crippen molar-refractivity contribution in [2.24, 2.45) is 5.73 Å². The first-order valence-electron chi connectivity index (χ1n) is 4.40. The second-order valence-electron chi connectivity index (χ2n) is 4.19. The van der Waals surface area contributed by atoms with Gasteiger partial charge in [-0.05, 0) is 42.3 Å². The van der Waals surface area contributed by atoms with Crippen LogP contribution in [0.1, 0.15) is 19.4 Å². The van der Waals surface area contributed by atoms with Crippen molar-refractivity contribution in [3.05, 3.63) is 21.9 Å². The van der Waals surface area contributed by atoms with Gasteiger partial charge in [0.05, 0.1) is 4.47 Å². The summed E-state index contributed by atoms with van der Waals surface area (Å²) in [5, 5.41) is 18.8. The third-order valence-electron chi connectivity index (χ3n) is 1.89. The minimum Gasteiger partial charge on any atom is -0.504 e. The smallest absolute Gasteiger partial charge is 0.195 e. The summed E-state index contributed by atoms with van der Waals surface area (Å²) < 4.78 is 13.2. The summed E-state index contributed by atoms with van der Waals surface area (Å²) in [6.45, 7) is 3.56. The van der Waals surface area contributed by atoms with Gasteiger partial charge in [-0.15, -0.1) is 0 Å². The van der Waals surface area contributed by atoms with Crippen LogP contribution in [0.5, 0.6) is 11.5 Å². The lowest BCUT2D eigenvalue weighted by molar-refractivity contribution is 0.370. The molecule has 0 unspecified atom stereocenters. The molecule has 0 bridgehead atoms. The molecule has 0 aliphatic heterocycles. The fraction of sp³-hybridized carbons (Fsp3) is 0.400. The molecule has 0 aromatic heterocycles. The van der Waals surface area contributed by atoms with Gasteiger partial charge in [-0.1, -0.05) is 0 Å². The predicted octanol–water partition coefficient (Wildman–Crippen LogP) is 2.28. The molecule has 1 aromatic rings. The maximum absolute atomic E-state index is 13.1. The fourth-order valence-electron chi connectivity index (χ4n) is 1.28. The Labute approximate surface area is 95.9 Å². The Kier molecular flexibility index (Phi) is 3.25. The van der Waals surface area contributed by atoms with Crippen molar-refractivity contribution < 1.29 is 14.6 Å². The Morgan fingerprint density at radius 3 is 2.40 bits per heavy atom. The lowest BCUT2D eigenvalue weighted by atomic mass is 9.95. The van der Waals surface area contributed by atoms with E-state index in [4.69, 9.17) is 5.73 Å². The third kappa shape index (κ3) is 2.82. The number of halogens is 2. The molecule has 0 heterocycles. The monoisotopic (exact) mass is 277 g/mol. The van der Waals surface area contributed by atoms with Crippen molar-refractivity contribution in [1.29, 1.82) is 0 Å². The molecule has 0 fully saturated rings. The van der Waals surface area contributed by atoms with E-state index in [0.717, 1.165) is 0 Å². The first-order valence-corrected chi connectivity index (χ1v) is 5.19. The summed E-state index contributed by atoms with van der Waals surface area (Å²) in [4.78, 5) is 0. The number of phenols is 2. The van der Waals surface area contributed by atoms with Crippen LogP contribution >= 0.6 is 15.9 Å². The van der Waals surface area contributed by atoms with Crippen LogP contribution in [0.2, 0.25) is 0 Å². The molecule has 0 amide bonds. The molecule has 0 aliphatic rings. The zero-order valence-electron chi connectivity index (χ0n) is 8.51. The van der Waals surface area contributed by atoms with Crippen molar-refractivity contribution in [1.82, 2.24) is 0 Å². The van der Waals surface area contributed by atoms with Gasteiger partial charge in [0.1, 0.15) is 0 Å². The van der Waals surface area contributed by atoms with Gasteiger partial charge < -0.3 is 15.9 Å². The van der Waals surface area contributed by atoms with E-state index < -0.39 is 22.9 Å². The van der Waals surface area contributed by atoms with Crippen molar-refractivity contribution in [2.45, 2.75) is 25.8 Å². The molecule has 0 saturated heterocycles. The first kappa shape index (κ1) is 12.3. The average Bonchev–Trinajstić information content (AvgIpc) is 2.08. The van der Waals surface area contributed by atoms with E-state index in [2.05, 4.69) is 15.9 Å². The highest BCUT2D eigenvalue weighted by atomic mass is 79.9. The number of aromatic hydroxyl groups is 2. The highest BCUT2D eigenvalue weighted by Crippen LogP contribution is 2.37. The summed E-state index contributed by atoms with van der Waals surface area (Å²) in [6, 6.07) is 1.42. The molecule has 0 spiro atoms. The van der Waals surface area contributed by atoms with Crippen molar-refractivity contribution in [2.75, 3.05) is 0 Å². The number of benzene rings is 1. The molecular weight excluding hydrogens is 265 g/mol. The van der Waals surface area contributed by atoms with Crippen molar-refractivity contribution in [3.63, 3.8) is 0 Å². The molecule has 0 saturated carbocycles. The van der Waals surface area contributed by atoms with Gasteiger partial charge in [-0.2, -0.15) is 0 Å². The third-order valence-corrected chi connectivity index (χ3v) is 2.47. The number of phenolic OH excluding ortho intramolecular Hbond substituents is 2. The fourth-order valence-corrected chi connectivity index (χ4v) is 1.74. The first-order chi connectivity index (χ1) is 6.72. The van der Waals surface area contributed by atoms with E-state index in [-0.39, 0.29) is 4.47 Å². The van der Waals surface area contributed by atoms with Gasteiger partial charge in [0.25, 0.3) is 0 Å². The molecule has 0 atom stereocenters. The Morgan fingerprint density at radius 1 is 1.40 bits per heavy atom. The summed E-state index contributed by atoms with van der Waals surface area (Å²) >= 11 is 2.95. The van der Waals surface area contributed by atoms with Crippen LogP contribution in [0.4, 0.5) is 4.39 Å². The van der Waals surface area contributed by atoms with Crippen LogP contribution in [0.15, 0.2) is 10.5 Å². The lowest BCUT2D eigenvalue weighted by Crippen LogP contribution is -2.34. The van der Waals surface area contributed by atoms with Crippen LogP contribution in [0, 0.1) is 5.82 Å². The standard InChI is InChI=1S/C10H13BrFNO2/c1-10(2,13)4-5-3-6(11)7(12)9(15)8(5)14/h3,14-15H,4,13H2,1-2H3. The SMILES string of the molecule is CC(C)(N)Cc1cc(Br)c(F)c(O)c1O. The van der Waals surface area contributed by atoms with Crippen LogP contribution in [0.25, 0.3) is 0 Å². The van der Waals surface area contributed by atoms with Gasteiger partial charge in [0.2, 0.25) is 0 Å². The van der Waals surface area contributed by atoms with Crippen molar-refractivity contribution in [3.8, 4) is 11.5 Å². The van der Waals surface area contributed by atoms with Gasteiger partial charge in [0, 0.05) is 11.1 Å². The Balaban J connectivity index is 3.21. The minimum absolute atomic E-state index is 0.108. The molecule has 0 aliphatic carbocycles. The van der Waals surface area contributed by atoms with Gasteiger partial charge in [-0.3, -0.25) is 0 Å². The van der Waals surface area contributed by atoms with Crippen LogP contribution < -0.4 is 5.73 Å². The molecule has 1 rings (SSSR count). The molecular formula is C10H13BrFNO2. The van der Waals surface area contributed by atoms with E-state index >= 15 is 0 Å². The summed E-state index contributed by atoms with van der Waals surface area (Å²) in [5.74, 6) is -2.07. The largest absolute Gasteiger partial charge is 0.504 e. The molecule has 15 heavy (non-hydrogen) atoms. The molecule has 0 radical (unpaired) electrons. The Hall–Kier alpha value is -0.810. The number of hydrogen-bond donors (Lipinski definition) is 3. The zero-order valence-corrected chi connectivity index (χ0v) is 10.1. The predicted molar refractivity (Wildman–Crippen MR) is 59.4 cm³/mol. The van der Waals surface area contributed by atoms with E-state index in [1.807, 2.05) is 0 Å². The van der Waals surface area contributed by atoms with Crippen LogP contribution in [-0.2, 0) is 6.42 Å². The van der Waals surface area contributed by atoms with E-state index in [1.54, 1.807) is 13.8 Å². The average molecular weight is 278 g/mol. The zero-order chi connectivity index (χ0) is 11.8. The number of nitrogens with two attached hydrogens (primary N) is 1. The Bertz CT molecular complexity index is 388. The summed E-state index contributed by atoms with van der Waals surface area (Å²) in [5.41, 5.74) is 5.64. The second kappa shape index (κ2) is 3.98. The maximum atomic E-state index is 13.1. The second-order valence-corrected chi connectivity index (χ2v) is 5.05. The van der Waals surface area contributed by atoms with Crippen LogP contribution in [0.3, 0.4) is 0 Å². The van der Waals surface area contributed by atoms with Gasteiger partial charge in [-0.25, -0.2) is 4.39 Å². The molecule has 84 valence electrons. The van der Waals surface area contributed by atoms with E-state index in [1.165, 1.54) is 6.07 Å². The molecule has 1 aromatic carbocycles. The molecule has 3 nitrogen and oxygen atoms in total. The summed E-state index contributed by atoms with van der Waals surface area (Å²) in [7, 11) is 0. The van der Waals surface area contributed by atoms with E-state index in [9.17, 15) is 14.6 Å². The van der Waals surface area contributed by atoms with Gasteiger partial charge in [0.15, 0.2) is 17.3 Å². The lowest BCUT2D eigenvalue weighted by Gasteiger charge is -2.19. The topological polar surface area (TPSA) is 66.5 Å². The van der Waals surface area contributed by atoms with Crippen LogP contribution in [-0.4, -0.2) is 15.8 Å². The summed E-state index contributed by atoms with van der Waals surface area (Å²) in [6.07, 6.45) is 0.339. The van der Waals surface area contributed by atoms with Gasteiger partial charge >= 0.3 is 0 Å². The highest BCUT2D eigenvalue weighted by Gasteiger charge is 2.20. The quantitative estimate of drug-likeness (QED) is 0.727. The maximum Gasteiger partial charge on any atom is 0.195 e. The number of hydrogen-bond acceptors (Lipinski definition) is 3. The number of rotatable bonds is 2. The van der Waals surface area contributed by atoms with E-state index in [0.29, 0.717) is 12.0 Å². The highest BCUT2D eigenvalue weighted by molar-refractivity contribution is 9.10. The molecule has 4 N–H and O–H groups in total. The Morgan fingerprint density at radius 2 is 1.93 bits per heavy atom. The normalized spacial score (nSPS) is 11.8. The molecule has 5 heteroatoms. The van der Waals surface area contributed by atoms with Crippen molar-refractivity contribution >= 4 is 15.9 Å². The minimum atomic E-state index is -0.869.